The molecule has 1 fully saturated rings. The maximum Gasteiger partial charge on any atom is 0.308 e. The lowest BCUT2D eigenvalue weighted by molar-refractivity contribution is -0.145. The number of hydrogen-bond acceptors (Lipinski definition) is 3. The summed E-state index contributed by atoms with van der Waals surface area (Å²) in [7, 11) is 0. The highest BCUT2D eigenvalue weighted by atomic mass is 35.5. The van der Waals surface area contributed by atoms with E-state index in [0.29, 0.717) is 11.6 Å². The summed E-state index contributed by atoms with van der Waals surface area (Å²) < 4.78 is 1.85. The van der Waals surface area contributed by atoms with Gasteiger partial charge in [0.25, 0.3) is 0 Å². The molecule has 0 unspecified atom stereocenters. The summed E-state index contributed by atoms with van der Waals surface area (Å²) in [6.45, 7) is 10.1. The fourth-order valence-corrected chi connectivity index (χ4v) is 4.13. The molecule has 2 heterocycles. The van der Waals surface area contributed by atoms with Crippen LogP contribution in [0.5, 0.6) is 0 Å². The molecule has 6 heteroatoms. The van der Waals surface area contributed by atoms with Gasteiger partial charge in [-0.1, -0.05) is 44.5 Å². The highest BCUT2D eigenvalue weighted by Gasteiger charge is 2.34. The Morgan fingerprint density at radius 3 is 2.67 bits per heavy atom. The Balaban J connectivity index is 1.95. The number of aromatic nitrogens is 2. The first kappa shape index (κ1) is 19.9. The molecule has 2 atom stereocenters. The summed E-state index contributed by atoms with van der Waals surface area (Å²) in [6.07, 6.45) is 3.70. The predicted molar refractivity (Wildman–Crippen MR) is 108 cm³/mol. The molecule has 27 heavy (non-hydrogen) atoms. The number of hydrogen-bond donors (Lipinski definition) is 1. The van der Waals surface area contributed by atoms with Gasteiger partial charge in [0.2, 0.25) is 0 Å². The molecule has 1 aromatic carbocycles. The maximum atomic E-state index is 11.6. The summed E-state index contributed by atoms with van der Waals surface area (Å²) in [5, 5.41) is 15.0. The Morgan fingerprint density at radius 1 is 1.33 bits per heavy atom. The number of rotatable bonds is 4. The van der Waals surface area contributed by atoms with Crippen molar-refractivity contribution in [3.8, 4) is 5.69 Å². The maximum absolute atomic E-state index is 11.6. The standard InChI is InChI=1S/C21H28ClN3O2/c1-14-16(20(26)27)8-7-11-24(14)12-15-13-25(23-19(15)21(2,3)4)18-10-6-5-9-17(18)22/h5-6,9-10,13-14,16H,7-8,11-12H2,1-4H3,(H,26,27)/t14-,16-/m1/s1. The molecule has 0 spiro atoms. The summed E-state index contributed by atoms with van der Waals surface area (Å²) in [6, 6.07) is 7.67. The first-order valence-electron chi connectivity index (χ1n) is 9.49. The molecule has 3 rings (SSSR count). The number of aliphatic carboxylic acids is 1. The Morgan fingerprint density at radius 2 is 2.04 bits per heavy atom. The lowest BCUT2D eigenvalue weighted by Crippen LogP contribution is -2.45. The van der Waals surface area contributed by atoms with E-state index in [0.717, 1.165) is 36.3 Å². The second-order valence-electron chi connectivity index (χ2n) is 8.45. The van der Waals surface area contributed by atoms with Crippen molar-refractivity contribution in [1.29, 1.82) is 0 Å². The van der Waals surface area contributed by atoms with Gasteiger partial charge in [0, 0.05) is 29.8 Å². The molecule has 1 aliphatic rings. The third kappa shape index (κ3) is 4.19. The molecule has 1 aliphatic heterocycles. The van der Waals surface area contributed by atoms with E-state index in [-0.39, 0.29) is 17.4 Å². The Bertz CT molecular complexity index is 825. The number of carboxylic acids is 1. The van der Waals surface area contributed by atoms with Gasteiger partial charge in [-0.05, 0) is 38.4 Å². The number of carboxylic acid groups (broad SMARTS) is 1. The number of likely N-dealkylation sites (tertiary alicyclic amines) is 1. The Labute approximate surface area is 165 Å². The van der Waals surface area contributed by atoms with Gasteiger partial charge in [-0.25, -0.2) is 4.68 Å². The summed E-state index contributed by atoms with van der Waals surface area (Å²) >= 11 is 6.37. The van der Waals surface area contributed by atoms with Crippen LogP contribution in [0.3, 0.4) is 0 Å². The van der Waals surface area contributed by atoms with Crippen LogP contribution in [0.25, 0.3) is 5.69 Å². The first-order valence-corrected chi connectivity index (χ1v) is 9.87. The van der Waals surface area contributed by atoms with Gasteiger partial charge in [-0.15, -0.1) is 0 Å². The Hall–Kier alpha value is -1.85. The molecule has 0 bridgehead atoms. The van der Waals surface area contributed by atoms with Crippen molar-refractivity contribution in [3.63, 3.8) is 0 Å². The average molecular weight is 390 g/mol. The summed E-state index contributed by atoms with van der Waals surface area (Å²) in [5.74, 6) is -1.01. The summed E-state index contributed by atoms with van der Waals surface area (Å²) in [4.78, 5) is 13.8. The minimum Gasteiger partial charge on any atom is -0.481 e. The van der Waals surface area contributed by atoms with Gasteiger partial charge in [0.05, 0.1) is 22.3 Å². The first-order chi connectivity index (χ1) is 12.7. The second kappa shape index (κ2) is 7.64. The minimum absolute atomic E-state index is 0.00716. The van der Waals surface area contributed by atoms with Crippen LogP contribution in [0, 0.1) is 5.92 Å². The molecule has 0 aliphatic carbocycles. The van der Waals surface area contributed by atoms with Gasteiger partial charge in [0.1, 0.15) is 0 Å². The number of nitrogens with zero attached hydrogens (tertiary/aromatic N) is 3. The molecule has 1 aromatic heterocycles. The van der Waals surface area contributed by atoms with E-state index in [2.05, 4.69) is 25.7 Å². The number of para-hydroxylation sites is 1. The van der Waals surface area contributed by atoms with Crippen molar-refractivity contribution >= 4 is 17.6 Å². The average Bonchev–Trinajstić information content (AvgIpc) is 3.01. The molecular weight excluding hydrogens is 362 g/mol. The molecular formula is C21H28ClN3O2. The van der Waals surface area contributed by atoms with E-state index in [9.17, 15) is 9.90 Å². The predicted octanol–water partition coefficient (Wildman–Crippen LogP) is 4.51. The number of benzene rings is 1. The molecule has 5 nitrogen and oxygen atoms in total. The van der Waals surface area contributed by atoms with Crippen LogP contribution in [0.1, 0.15) is 51.8 Å². The normalized spacial score (nSPS) is 21.4. The quantitative estimate of drug-likeness (QED) is 0.835. The van der Waals surface area contributed by atoms with Crippen molar-refractivity contribution < 1.29 is 9.90 Å². The zero-order valence-corrected chi connectivity index (χ0v) is 17.2. The van der Waals surface area contributed by atoms with Crippen molar-refractivity contribution in [3.05, 3.63) is 46.7 Å². The van der Waals surface area contributed by atoms with Crippen LogP contribution in [0.4, 0.5) is 0 Å². The Kier molecular flexibility index (Phi) is 5.63. The van der Waals surface area contributed by atoms with Gasteiger partial charge >= 0.3 is 5.97 Å². The zero-order valence-electron chi connectivity index (χ0n) is 16.4. The fraction of sp³-hybridized carbons (Fsp3) is 0.524. The fourth-order valence-electron chi connectivity index (χ4n) is 3.90. The van der Waals surface area contributed by atoms with E-state index in [1.54, 1.807) is 0 Å². The monoisotopic (exact) mass is 389 g/mol. The van der Waals surface area contributed by atoms with Crippen molar-refractivity contribution in [1.82, 2.24) is 14.7 Å². The van der Waals surface area contributed by atoms with Gasteiger partial charge in [-0.2, -0.15) is 5.10 Å². The molecule has 1 N–H and O–H groups in total. The molecule has 0 radical (unpaired) electrons. The van der Waals surface area contributed by atoms with Crippen LogP contribution >= 0.6 is 11.6 Å². The lowest BCUT2D eigenvalue weighted by Gasteiger charge is -2.37. The van der Waals surface area contributed by atoms with Gasteiger partial charge < -0.3 is 5.11 Å². The SMILES string of the molecule is C[C@@H]1[C@H](C(=O)O)CCCN1Cc1cn(-c2ccccc2Cl)nc1C(C)(C)C. The molecule has 0 saturated carbocycles. The van der Waals surface area contributed by atoms with Crippen molar-refractivity contribution in [2.24, 2.45) is 5.92 Å². The molecule has 0 amide bonds. The molecule has 1 saturated heterocycles. The van der Waals surface area contributed by atoms with Crippen molar-refractivity contribution in [2.75, 3.05) is 6.54 Å². The van der Waals surface area contributed by atoms with E-state index in [1.165, 1.54) is 0 Å². The van der Waals surface area contributed by atoms with E-state index in [4.69, 9.17) is 16.7 Å². The second-order valence-corrected chi connectivity index (χ2v) is 8.85. The minimum atomic E-state index is -0.699. The molecule has 146 valence electrons. The third-order valence-electron chi connectivity index (χ3n) is 5.41. The molecule has 2 aromatic rings. The van der Waals surface area contributed by atoms with Gasteiger partial charge in [-0.3, -0.25) is 9.69 Å². The van der Waals surface area contributed by atoms with E-state index in [1.807, 2.05) is 42.1 Å². The smallest absolute Gasteiger partial charge is 0.308 e. The largest absolute Gasteiger partial charge is 0.481 e. The summed E-state index contributed by atoms with van der Waals surface area (Å²) in [5.41, 5.74) is 2.88. The van der Waals surface area contributed by atoms with Gasteiger partial charge in [0.15, 0.2) is 0 Å². The highest BCUT2D eigenvalue weighted by molar-refractivity contribution is 6.32. The lowest BCUT2D eigenvalue weighted by atomic mass is 9.87. The number of halogens is 1. The van der Waals surface area contributed by atoms with Crippen LogP contribution in [0.2, 0.25) is 5.02 Å². The van der Waals surface area contributed by atoms with E-state index < -0.39 is 5.97 Å². The number of carbonyl (C=O) groups is 1. The van der Waals surface area contributed by atoms with Crippen LogP contribution in [-0.2, 0) is 16.8 Å². The van der Waals surface area contributed by atoms with Crippen molar-refractivity contribution in [2.45, 2.75) is 58.5 Å². The topological polar surface area (TPSA) is 58.4 Å². The number of piperidine rings is 1. The highest BCUT2D eigenvalue weighted by Crippen LogP contribution is 2.31. The van der Waals surface area contributed by atoms with Crippen LogP contribution < -0.4 is 0 Å². The zero-order chi connectivity index (χ0) is 19.8. The van der Waals surface area contributed by atoms with Crippen LogP contribution in [-0.4, -0.2) is 38.3 Å². The van der Waals surface area contributed by atoms with Crippen LogP contribution in [0.15, 0.2) is 30.5 Å². The third-order valence-corrected chi connectivity index (χ3v) is 5.73. The van der Waals surface area contributed by atoms with E-state index >= 15 is 0 Å².